The summed E-state index contributed by atoms with van der Waals surface area (Å²) in [5.41, 5.74) is 1.47. The molecule has 140 valence electrons. The van der Waals surface area contributed by atoms with Crippen molar-refractivity contribution in [3.05, 3.63) is 24.0 Å². The molecule has 8 nitrogen and oxygen atoms in total. The number of pyridine rings is 1. The van der Waals surface area contributed by atoms with E-state index in [0.717, 1.165) is 18.8 Å². The summed E-state index contributed by atoms with van der Waals surface area (Å²) in [4.78, 5) is 47.4. The second kappa shape index (κ2) is 7.72. The van der Waals surface area contributed by atoms with Gasteiger partial charge in [0.05, 0.1) is 17.4 Å². The lowest BCUT2D eigenvalue weighted by Crippen LogP contribution is -2.50. The second-order valence-electron chi connectivity index (χ2n) is 6.72. The quantitative estimate of drug-likeness (QED) is 0.746. The number of hydrogen-bond donors (Lipinski definition) is 0. The van der Waals surface area contributed by atoms with E-state index in [2.05, 4.69) is 9.88 Å². The number of piperazine rings is 2. The van der Waals surface area contributed by atoms with Gasteiger partial charge in [0.15, 0.2) is 0 Å². The third kappa shape index (κ3) is 3.95. The highest BCUT2D eigenvalue weighted by Gasteiger charge is 2.24. The fraction of sp³-hybridized carbons (Fsp3) is 0.556. The summed E-state index contributed by atoms with van der Waals surface area (Å²) in [5.74, 6) is 0.0896. The Morgan fingerprint density at radius 1 is 0.769 bits per heavy atom. The topological polar surface area (TPSA) is 77.1 Å². The van der Waals surface area contributed by atoms with E-state index in [9.17, 15) is 14.4 Å². The molecule has 0 saturated carbocycles. The number of anilines is 1. The molecule has 3 heterocycles. The average molecular weight is 359 g/mol. The van der Waals surface area contributed by atoms with E-state index in [-0.39, 0.29) is 17.7 Å². The highest BCUT2D eigenvalue weighted by atomic mass is 16.2. The maximum Gasteiger partial charge on any atom is 0.255 e. The molecule has 8 heteroatoms. The van der Waals surface area contributed by atoms with E-state index in [0.29, 0.717) is 44.8 Å². The first-order chi connectivity index (χ1) is 12.5. The van der Waals surface area contributed by atoms with Crippen molar-refractivity contribution in [1.29, 1.82) is 0 Å². The summed E-state index contributed by atoms with van der Waals surface area (Å²) in [6, 6.07) is 1.87. The zero-order valence-electron chi connectivity index (χ0n) is 15.3. The highest BCUT2D eigenvalue weighted by Crippen LogP contribution is 2.18. The Balaban J connectivity index is 1.63. The monoisotopic (exact) mass is 359 g/mol. The Labute approximate surface area is 153 Å². The van der Waals surface area contributed by atoms with Crippen LogP contribution in [0.2, 0.25) is 0 Å². The van der Waals surface area contributed by atoms with Gasteiger partial charge in [0.2, 0.25) is 11.8 Å². The molecule has 2 aliphatic heterocycles. The second-order valence-corrected chi connectivity index (χ2v) is 6.72. The minimum Gasteiger partial charge on any atom is -0.367 e. The largest absolute Gasteiger partial charge is 0.367 e. The van der Waals surface area contributed by atoms with E-state index in [1.54, 1.807) is 36.0 Å². The summed E-state index contributed by atoms with van der Waals surface area (Å²) in [6.07, 6.45) is 3.35. The summed E-state index contributed by atoms with van der Waals surface area (Å²) in [5, 5.41) is 0. The van der Waals surface area contributed by atoms with Gasteiger partial charge in [0, 0.05) is 72.4 Å². The van der Waals surface area contributed by atoms with E-state index >= 15 is 0 Å². The molecule has 2 saturated heterocycles. The van der Waals surface area contributed by atoms with Crippen molar-refractivity contribution in [1.82, 2.24) is 19.7 Å². The number of rotatable bonds is 2. The first-order valence-corrected chi connectivity index (χ1v) is 8.96. The number of amides is 3. The maximum absolute atomic E-state index is 12.8. The molecule has 0 aromatic carbocycles. The van der Waals surface area contributed by atoms with Gasteiger partial charge in [-0.15, -0.1) is 0 Å². The minimum absolute atomic E-state index is 0.0467. The zero-order chi connectivity index (χ0) is 18.7. The van der Waals surface area contributed by atoms with Gasteiger partial charge in [-0.05, 0) is 6.07 Å². The third-order valence-electron chi connectivity index (χ3n) is 5.07. The summed E-state index contributed by atoms with van der Waals surface area (Å²) in [7, 11) is 0. The number of carbonyl (C=O) groups excluding carboxylic acids is 3. The molecule has 3 rings (SSSR count). The first-order valence-electron chi connectivity index (χ1n) is 8.96. The molecule has 0 atom stereocenters. The molecule has 1 aromatic rings. The molecule has 1 aromatic heterocycles. The molecule has 0 spiro atoms. The number of carbonyl (C=O) groups is 3. The molecule has 0 N–H and O–H groups in total. The third-order valence-corrected chi connectivity index (χ3v) is 5.07. The van der Waals surface area contributed by atoms with Gasteiger partial charge in [-0.2, -0.15) is 0 Å². The van der Waals surface area contributed by atoms with Crippen molar-refractivity contribution in [3.63, 3.8) is 0 Å². The molecule has 0 radical (unpaired) electrons. The van der Waals surface area contributed by atoms with Crippen LogP contribution in [-0.4, -0.2) is 89.8 Å². The molecular formula is C18H25N5O3. The van der Waals surface area contributed by atoms with Crippen molar-refractivity contribution in [2.45, 2.75) is 13.8 Å². The van der Waals surface area contributed by atoms with Crippen LogP contribution in [0.15, 0.2) is 18.5 Å². The Kier molecular flexibility index (Phi) is 5.39. The Hall–Kier alpha value is -2.64. The number of hydrogen-bond acceptors (Lipinski definition) is 5. The molecule has 2 aliphatic rings. The van der Waals surface area contributed by atoms with E-state index < -0.39 is 0 Å². The molecule has 3 amide bonds. The van der Waals surface area contributed by atoms with Gasteiger partial charge in [-0.3, -0.25) is 19.4 Å². The first kappa shape index (κ1) is 18.2. The zero-order valence-corrected chi connectivity index (χ0v) is 15.3. The van der Waals surface area contributed by atoms with Crippen LogP contribution in [0, 0.1) is 0 Å². The van der Waals surface area contributed by atoms with Crippen molar-refractivity contribution in [3.8, 4) is 0 Å². The molecule has 26 heavy (non-hydrogen) atoms. The normalized spacial score (nSPS) is 18.1. The van der Waals surface area contributed by atoms with Crippen LogP contribution in [0.4, 0.5) is 5.69 Å². The number of nitrogens with zero attached hydrogens (tertiary/aromatic N) is 5. The predicted molar refractivity (Wildman–Crippen MR) is 96.9 cm³/mol. The molecule has 0 bridgehead atoms. The Bertz CT molecular complexity index is 692. The minimum atomic E-state index is -0.0510. The fourth-order valence-corrected chi connectivity index (χ4v) is 3.40. The lowest BCUT2D eigenvalue weighted by Gasteiger charge is -2.36. The maximum atomic E-state index is 12.8. The SMILES string of the molecule is CC(=O)N1CCN(C(=O)c2cncc(N3CCN(C(C)=O)CC3)c2)CC1. The van der Waals surface area contributed by atoms with E-state index in [4.69, 9.17) is 0 Å². The van der Waals surface area contributed by atoms with Crippen LogP contribution in [0.1, 0.15) is 24.2 Å². The predicted octanol–water partition coefficient (Wildman–Crippen LogP) is 0.0544. The van der Waals surface area contributed by atoms with Crippen LogP contribution in [0.3, 0.4) is 0 Å². The van der Waals surface area contributed by atoms with Gasteiger partial charge in [0.1, 0.15) is 0 Å². The van der Waals surface area contributed by atoms with Crippen LogP contribution in [0.25, 0.3) is 0 Å². The standard InChI is InChI=1S/C18H25N5O3/c1-14(24)20-3-7-22(8-4-20)17-11-16(12-19-13-17)18(26)23-9-5-21(6-10-23)15(2)25/h11-13H,3-10H2,1-2H3. The fourth-order valence-electron chi connectivity index (χ4n) is 3.40. The smallest absolute Gasteiger partial charge is 0.255 e. The van der Waals surface area contributed by atoms with Gasteiger partial charge in [0.25, 0.3) is 5.91 Å². The van der Waals surface area contributed by atoms with Gasteiger partial charge < -0.3 is 19.6 Å². The van der Waals surface area contributed by atoms with Gasteiger partial charge in [-0.25, -0.2) is 0 Å². The Morgan fingerprint density at radius 2 is 1.27 bits per heavy atom. The molecular weight excluding hydrogens is 334 g/mol. The summed E-state index contributed by atoms with van der Waals surface area (Å²) >= 11 is 0. The highest BCUT2D eigenvalue weighted by molar-refractivity contribution is 5.95. The average Bonchev–Trinajstić information content (AvgIpc) is 2.67. The lowest BCUT2D eigenvalue weighted by molar-refractivity contribution is -0.130. The van der Waals surface area contributed by atoms with Crippen LogP contribution in [0.5, 0.6) is 0 Å². The van der Waals surface area contributed by atoms with Crippen molar-refractivity contribution in [2.24, 2.45) is 0 Å². The van der Waals surface area contributed by atoms with Gasteiger partial charge in [-0.1, -0.05) is 0 Å². The van der Waals surface area contributed by atoms with Crippen molar-refractivity contribution < 1.29 is 14.4 Å². The van der Waals surface area contributed by atoms with Crippen LogP contribution < -0.4 is 4.90 Å². The lowest BCUT2D eigenvalue weighted by atomic mass is 10.2. The molecule has 0 unspecified atom stereocenters. The van der Waals surface area contributed by atoms with Crippen LogP contribution in [-0.2, 0) is 9.59 Å². The molecule has 0 aliphatic carbocycles. The molecule has 2 fully saturated rings. The number of aromatic nitrogens is 1. The van der Waals surface area contributed by atoms with Crippen LogP contribution >= 0.6 is 0 Å². The summed E-state index contributed by atoms with van der Waals surface area (Å²) in [6.45, 7) is 8.19. The van der Waals surface area contributed by atoms with Gasteiger partial charge >= 0.3 is 0 Å². The van der Waals surface area contributed by atoms with E-state index in [1.807, 2.05) is 11.0 Å². The van der Waals surface area contributed by atoms with Crippen molar-refractivity contribution >= 4 is 23.4 Å². The Morgan fingerprint density at radius 3 is 1.81 bits per heavy atom. The summed E-state index contributed by atoms with van der Waals surface area (Å²) < 4.78 is 0. The van der Waals surface area contributed by atoms with Crippen molar-refractivity contribution in [2.75, 3.05) is 57.3 Å². The van der Waals surface area contributed by atoms with E-state index in [1.165, 1.54) is 0 Å².